The second kappa shape index (κ2) is 4.24. The fourth-order valence-corrected chi connectivity index (χ4v) is 1.30. The van der Waals surface area contributed by atoms with Gasteiger partial charge in [-0.25, -0.2) is 5.14 Å². The molecule has 1 unspecified atom stereocenters. The van der Waals surface area contributed by atoms with E-state index >= 15 is 0 Å². The maximum absolute atomic E-state index is 10.5. The maximum Gasteiger partial charge on any atom is 0.275 e. The number of nitrogens with one attached hydrogen (secondary N) is 1. The third-order valence-electron chi connectivity index (χ3n) is 1.19. The first-order valence-electron chi connectivity index (χ1n) is 3.18. The molecule has 0 bridgehead atoms. The van der Waals surface area contributed by atoms with Crippen LogP contribution in [0.15, 0.2) is 5.16 Å². The highest BCUT2D eigenvalue weighted by atomic mass is 32.2. The Morgan fingerprint density at radius 2 is 2.25 bits per heavy atom. The van der Waals surface area contributed by atoms with Gasteiger partial charge < -0.3 is 10.9 Å². The van der Waals surface area contributed by atoms with Gasteiger partial charge in [-0.2, -0.15) is 13.1 Å². The fourth-order valence-electron chi connectivity index (χ4n) is 0.621. The van der Waals surface area contributed by atoms with Crippen molar-refractivity contribution in [3.05, 3.63) is 0 Å². The van der Waals surface area contributed by atoms with E-state index < -0.39 is 16.3 Å². The monoisotopic (exact) mass is 196 g/mol. The van der Waals surface area contributed by atoms with E-state index in [1.165, 1.54) is 0 Å². The third kappa shape index (κ3) is 4.11. The number of rotatable bonds is 4. The van der Waals surface area contributed by atoms with Gasteiger partial charge in [0, 0.05) is 0 Å². The number of hydrogen-bond donors (Lipinski definition) is 4. The molecule has 0 rings (SSSR count). The van der Waals surface area contributed by atoms with Crippen molar-refractivity contribution in [2.24, 2.45) is 16.0 Å². The number of amidine groups is 1. The average Bonchev–Trinajstić information content (AvgIpc) is 1.97. The van der Waals surface area contributed by atoms with E-state index in [0.29, 0.717) is 6.42 Å². The van der Waals surface area contributed by atoms with E-state index in [4.69, 9.17) is 10.9 Å². The highest BCUT2D eigenvalue weighted by Crippen LogP contribution is 1.91. The van der Waals surface area contributed by atoms with Gasteiger partial charge >= 0.3 is 0 Å². The number of hydrogen-bond acceptors (Lipinski definition) is 4. The standard InChI is InChI=1S/C4H12N4O3S/c1-2-3(4(5)7-9)8-12(6,10)11/h3,8-9H,2H2,1H3,(H2,5,7)(H2,6,10,11). The lowest BCUT2D eigenvalue weighted by Crippen LogP contribution is -2.46. The zero-order valence-corrected chi connectivity index (χ0v) is 7.37. The predicted octanol–water partition coefficient (Wildman–Crippen LogP) is -1.70. The predicted molar refractivity (Wildman–Crippen MR) is 43.7 cm³/mol. The number of oxime groups is 1. The summed E-state index contributed by atoms with van der Waals surface area (Å²) in [4.78, 5) is 0. The van der Waals surface area contributed by atoms with Crippen LogP contribution in [0.2, 0.25) is 0 Å². The minimum Gasteiger partial charge on any atom is -0.409 e. The van der Waals surface area contributed by atoms with Gasteiger partial charge in [-0.3, -0.25) is 0 Å². The van der Waals surface area contributed by atoms with Gasteiger partial charge in [-0.05, 0) is 6.42 Å². The van der Waals surface area contributed by atoms with Gasteiger partial charge in [-0.15, -0.1) is 0 Å². The molecule has 7 nitrogen and oxygen atoms in total. The van der Waals surface area contributed by atoms with Crippen LogP contribution in [0.25, 0.3) is 0 Å². The van der Waals surface area contributed by atoms with Crippen molar-refractivity contribution in [3.8, 4) is 0 Å². The van der Waals surface area contributed by atoms with E-state index in [0.717, 1.165) is 0 Å². The average molecular weight is 196 g/mol. The molecule has 0 aromatic rings. The highest BCUT2D eigenvalue weighted by Gasteiger charge is 2.15. The largest absolute Gasteiger partial charge is 0.409 e. The van der Waals surface area contributed by atoms with E-state index in [-0.39, 0.29) is 5.84 Å². The van der Waals surface area contributed by atoms with Crippen LogP contribution in [0.4, 0.5) is 0 Å². The van der Waals surface area contributed by atoms with Crippen molar-refractivity contribution in [2.45, 2.75) is 19.4 Å². The first kappa shape index (κ1) is 11.1. The highest BCUT2D eigenvalue weighted by molar-refractivity contribution is 7.87. The molecule has 0 aliphatic rings. The molecule has 0 spiro atoms. The summed E-state index contributed by atoms with van der Waals surface area (Å²) >= 11 is 0. The van der Waals surface area contributed by atoms with Gasteiger partial charge in [0.25, 0.3) is 10.2 Å². The van der Waals surface area contributed by atoms with Gasteiger partial charge in [0.15, 0.2) is 5.84 Å². The van der Waals surface area contributed by atoms with Gasteiger partial charge in [0.05, 0.1) is 6.04 Å². The lowest BCUT2D eigenvalue weighted by Gasteiger charge is -2.12. The minimum absolute atomic E-state index is 0.216. The Labute approximate surface area is 70.6 Å². The van der Waals surface area contributed by atoms with Crippen molar-refractivity contribution in [2.75, 3.05) is 0 Å². The molecule has 0 aliphatic heterocycles. The lowest BCUT2D eigenvalue weighted by atomic mass is 10.2. The summed E-state index contributed by atoms with van der Waals surface area (Å²) in [7, 11) is -3.81. The molecular weight excluding hydrogens is 184 g/mol. The second-order valence-electron chi connectivity index (χ2n) is 2.15. The zero-order valence-electron chi connectivity index (χ0n) is 6.56. The van der Waals surface area contributed by atoms with Crippen molar-refractivity contribution in [3.63, 3.8) is 0 Å². The molecule has 1 atom stereocenters. The van der Waals surface area contributed by atoms with Crippen LogP contribution in [0, 0.1) is 0 Å². The van der Waals surface area contributed by atoms with Crippen molar-refractivity contribution in [1.82, 2.24) is 4.72 Å². The molecule has 0 amide bonds. The van der Waals surface area contributed by atoms with E-state index in [2.05, 4.69) is 10.3 Å². The molecule has 12 heavy (non-hydrogen) atoms. The number of nitrogens with two attached hydrogens (primary N) is 2. The molecule has 0 radical (unpaired) electrons. The zero-order chi connectivity index (χ0) is 9.78. The summed E-state index contributed by atoms with van der Waals surface area (Å²) in [5.74, 6) is -0.216. The molecular formula is C4H12N4O3S. The van der Waals surface area contributed by atoms with Crippen molar-refractivity contribution < 1.29 is 13.6 Å². The first-order valence-corrected chi connectivity index (χ1v) is 4.72. The first-order chi connectivity index (χ1) is 5.40. The van der Waals surface area contributed by atoms with Crippen molar-refractivity contribution in [1.29, 1.82) is 0 Å². The summed E-state index contributed by atoms with van der Waals surface area (Å²) in [6.07, 6.45) is 0.353. The third-order valence-corrected chi connectivity index (χ3v) is 1.80. The Bertz CT molecular complexity index is 259. The van der Waals surface area contributed by atoms with Crippen LogP contribution >= 0.6 is 0 Å². The van der Waals surface area contributed by atoms with Crippen molar-refractivity contribution >= 4 is 16.0 Å². The molecule has 0 aromatic heterocycles. The fraction of sp³-hybridized carbons (Fsp3) is 0.750. The van der Waals surface area contributed by atoms with Crippen LogP contribution in [-0.4, -0.2) is 25.5 Å². The van der Waals surface area contributed by atoms with Crippen LogP contribution < -0.4 is 15.6 Å². The Hall–Kier alpha value is -0.860. The second-order valence-corrected chi connectivity index (χ2v) is 3.47. The minimum atomic E-state index is -3.81. The maximum atomic E-state index is 10.5. The molecule has 0 aromatic carbocycles. The van der Waals surface area contributed by atoms with Gasteiger partial charge in [0.2, 0.25) is 0 Å². The van der Waals surface area contributed by atoms with Crippen LogP contribution in [0.3, 0.4) is 0 Å². The van der Waals surface area contributed by atoms with Crippen LogP contribution in [0.5, 0.6) is 0 Å². The molecule has 0 saturated heterocycles. The topological polar surface area (TPSA) is 131 Å². The smallest absolute Gasteiger partial charge is 0.275 e. The summed E-state index contributed by atoms with van der Waals surface area (Å²) in [5.41, 5.74) is 5.15. The van der Waals surface area contributed by atoms with E-state index in [1.807, 2.05) is 4.72 Å². The summed E-state index contributed by atoms with van der Waals surface area (Å²) in [6, 6.07) is -0.759. The summed E-state index contributed by atoms with van der Waals surface area (Å²) in [5, 5.41) is 15.5. The molecule has 0 aliphatic carbocycles. The Kier molecular flexibility index (Phi) is 3.93. The molecule has 72 valence electrons. The molecule has 0 fully saturated rings. The van der Waals surface area contributed by atoms with E-state index in [1.54, 1.807) is 6.92 Å². The number of nitrogens with zero attached hydrogens (tertiary/aromatic N) is 1. The SMILES string of the molecule is CCC(NS(N)(=O)=O)C(N)=NO. The molecule has 6 N–H and O–H groups in total. The van der Waals surface area contributed by atoms with E-state index in [9.17, 15) is 8.42 Å². The normalized spacial score (nSPS) is 16.0. The quantitative estimate of drug-likeness (QED) is 0.185. The van der Waals surface area contributed by atoms with Gasteiger partial charge in [0.1, 0.15) is 0 Å². The Balaban J connectivity index is 4.40. The van der Waals surface area contributed by atoms with Crippen LogP contribution in [0.1, 0.15) is 13.3 Å². The Morgan fingerprint density at radius 1 is 1.75 bits per heavy atom. The molecule has 0 heterocycles. The summed E-state index contributed by atoms with van der Waals surface area (Å²) in [6.45, 7) is 1.67. The summed E-state index contributed by atoms with van der Waals surface area (Å²) < 4.78 is 23.0. The lowest BCUT2D eigenvalue weighted by molar-refractivity contribution is 0.315. The Morgan fingerprint density at radius 3 is 2.50 bits per heavy atom. The molecule has 8 heteroatoms. The van der Waals surface area contributed by atoms with Crippen LogP contribution in [-0.2, 0) is 10.2 Å². The molecule has 0 saturated carbocycles. The van der Waals surface area contributed by atoms with Gasteiger partial charge in [-0.1, -0.05) is 12.1 Å².